The Kier molecular flexibility index (Phi) is 4.92. The molecule has 3 aromatic rings. The van der Waals surface area contributed by atoms with E-state index in [1.165, 1.54) is 6.07 Å². The maximum atomic E-state index is 12.1. The molecule has 24 heavy (non-hydrogen) atoms. The number of aromatic amines is 1. The highest BCUT2D eigenvalue weighted by Crippen LogP contribution is 2.21. The summed E-state index contributed by atoms with van der Waals surface area (Å²) in [6, 6.07) is 9.58. The molecule has 0 fully saturated rings. The van der Waals surface area contributed by atoms with E-state index in [2.05, 4.69) is 32.0 Å². The quantitative estimate of drug-likeness (QED) is 0.724. The summed E-state index contributed by atoms with van der Waals surface area (Å²) in [5.74, 6) is 0.717. The van der Waals surface area contributed by atoms with Crippen LogP contribution < -0.4 is 5.32 Å². The third kappa shape index (κ3) is 3.80. The van der Waals surface area contributed by atoms with Crippen molar-refractivity contribution in [1.82, 2.24) is 19.9 Å². The lowest BCUT2D eigenvalue weighted by molar-refractivity contribution is 0.0946. The Hall–Kier alpha value is -2.24. The Morgan fingerprint density at radius 1 is 1.29 bits per heavy atom. The topological polar surface area (TPSA) is 62.7 Å². The molecule has 3 rings (SSSR count). The minimum atomic E-state index is -0.250. The highest BCUT2D eigenvalue weighted by atomic mass is 35.5. The second-order valence-corrected chi connectivity index (χ2v) is 6.24. The zero-order valence-corrected chi connectivity index (χ0v) is 14.5. The van der Waals surface area contributed by atoms with Gasteiger partial charge in [0, 0.05) is 25.5 Å². The fourth-order valence-corrected chi connectivity index (χ4v) is 2.72. The van der Waals surface area contributed by atoms with Crippen LogP contribution in [0.3, 0.4) is 0 Å². The largest absolute Gasteiger partial charge is 0.347 e. The van der Waals surface area contributed by atoms with Crippen molar-refractivity contribution in [2.24, 2.45) is 0 Å². The van der Waals surface area contributed by atoms with Crippen molar-refractivity contribution in [2.75, 3.05) is 0 Å². The van der Waals surface area contributed by atoms with E-state index in [1.54, 1.807) is 6.20 Å². The van der Waals surface area contributed by atoms with Crippen molar-refractivity contribution >= 4 is 29.1 Å². The summed E-state index contributed by atoms with van der Waals surface area (Å²) in [4.78, 5) is 19.1. The third-order valence-electron chi connectivity index (χ3n) is 3.69. The van der Waals surface area contributed by atoms with Crippen molar-refractivity contribution in [3.05, 3.63) is 75.5 Å². The maximum Gasteiger partial charge on any atom is 0.268 e. The molecule has 0 spiro atoms. The number of carbonyl (C=O) groups excluding carboxylic acids is 1. The number of hydrogen-bond donors (Lipinski definition) is 2. The Balaban J connectivity index is 1.64. The molecule has 5 nitrogen and oxygen atoms in total. The van der Waals surface area contributed by atoms with Crippen LogP contribution in [0.1, 0.15) is 27.4 Å². The lowest BCUT2D eigenvalue weighted by Gasteiger charge is -2.08. The van der Waals surface area contributed by atoms with Crippen molar-refractivity contribution in [2.45, 2.75) is 20.0 Å². The molecule has 0 aliphatic carbocycles. The molecule has 0 bridgehead atoms. The van der Waals surface area contributed by atoms with E-state index in [0.29, 0.717) is 17.3 Å². The molecule has 2 aromatic heterocycles. The number of rotatable bonds is 5. The van der Waals surface area contributed by atoms with Crippen LogP contribution in [0.15, 0.2) is 42.7 Å². The van der Waals surface area contributed by atoms with Crippen LogP contribution in [-0.2, 0) is 13.1 Å². The molecule has 1 amide bonds. The van der Waals surface area contributed by atoms with E-state index in [4.69, 9.17) is 23.2 Å². The number of hydrogen-bond acceptors (Lipinski definition) is 2. The summed E-state index contributed by atoms with van der Waals surface area (Å²) in [7, 11) is 0. The van der Waals surface area contributed by atoms with E-state index in [-0.39, 0.29) is 11.1 Å². The minimum Gasteiger partial charge on any atom is -0.347 e. The van der Waals surface area contributed by atoms with E-state index in [9.17, 15) is 4.79 Å². The number of halogens is 2. The van der Waals surface area contributed by atoms with Gasteiger partial charge in [0.1, 0.15) is 16.7 Å². The van der Waals surface area contributed by atoms with Crippen LogP contribution in [0, 0.1) is 6.92 Å². The number of imidazole rings is 1. The van der Waals surface area contributed by atoms with Crippen molar-refractivity contribution in [3.63, 3.8) is 0 Å². The van der Waals surface area contributed by atoms with Gasteiger partial charge in [-0.3, -0.25) is 4.79 Å². The molecule has 0 saturated heterocycles. The SMILES string of the molecule is Cc1nccn1Cc1cccc(CNC(=O)c2cc(Cl)c(Cl)[nH]2)c1. The number of benzene rings is 1. The molecule has 1 aromatic carbocycles. The second kappa shape index (κ2) is 7.11. The van der Waals surface area contributed by atoms with Crippen LogP contribution in [-0.4, -0.2) is 20.4 Å². The Morgan fingerprint density at radius 2 is 2.08 bits per heavy atom. The summed E-state index contributed by atoms with van der Waals surface area (Å²) in [5.41, 5.74) is 2.51. The third-order valence-corrected chi connectivity index (χ3v) is 4.38. The molecule has 7 heteroatoms. The summed E-state index contributed by atoms with van der Waals surface area (Å²) >= 11 is 11.7. The van der Waals surface area contributed by atoms with Gasteiger partial charge in [0.25, 0.3) is 5.91 Å². The lowest BCUT2D eigenvalue weighted by atomic mass is 10.1. The van der Waals surface area contributed by atoms with Gasteiger partial charge in [0.15, 0.2) is 0 Å². The standard InChI is InChI=1S/C17H16Cl2N4O/c1-11-20-5-6-23(11)10-13-4-2-3-12(7-13)9-21-17(24)15-8-14(18)16(19)22-15/h2-8,22H,9-10H2,1H3,(H,21,24). The predicted octanol–water partition coefficient (Wildman–Crippen LogP) is 3.80. The number of nitrogens with one attached hydrogen (secondary N) is 2. The Labute approximate surface area is 149 Å². The van der Waals surface area contributed by atoms with Gasteiger partial charge in [-0.05, 0) is 24.1 Å². The van der Waals surface area contributed by atoms with Gasteiger partial charge >= 0.3 is 0 Å². The van der Waals surface area contributed by atoms with Crippen LogP contribution in [0.2, 0.25) is 10.2 Å². The van der Waals surface area contributed by atoms with Gasteiger partial charge in [-0.15, -0.1) is 0 Å². The molecular weight excluding hydrogens is 347 g/mol. The van der Waals surface area contributed by atoms with E-state index >= 15 is 0 Å². The molecule has 0 aliphatic rings. The second-order valence-electron chi connectivity index (χ2n) is 5.45. The molecule has 0 radical (unpaired) electrons. The molecule has 0 saturated carbocycles. The fourth-order valence-electron chi connectivity index (χ4n) is 2.41. The number of aromatic nitrogens is 3. The zero-order chi connectivity index (χ0) is 17.1. The van der Waals surface area contributed by atoms with Crippen molar-refractivity contribution in [3.8, 4) is 0 Å². The molecule has 2 N–H and O–H groups in total. The Bertz CT molecular complexity index is 850. The molecule has 0 atom stereocenters. The first-order valence-corrected chi connectivity index (χ1v) is 8.16. The minimum absolute atomic E-state index is 0.250. The van der Waals surface area contributed by atoms with Gasteiger partial charge in [0.2, 0.25) is 0 Å². The summed E-state index contributed by atoms with van der Waals surface area (Å²) in [5, 5.41) is 3.44. The molecule has 2 heterocycles. The first-order valence-electron chi connectivity index (χ1n) is 7.40. The molecular formula is C17H16Cl2N4O. The van der Waals surface area contributed by atoms with E-state index in [0.717, 1.165) is 23.5 Å². The van der Waals surface area contributed by atoms with E-state index in [1.807, 2.05) is 25.3 Å². The van der Waals surface area contributed by atoms with Crippen LogP contribution in [0.25, 0.3) is 0 Å². The number of nitrogens with zero attached hydrogens (tertiary/aromatic N) is 2. The first-order chi connectivity index (χ1) is 11.5. The van der Waals surface area contributed by atoms with Gasteiger partial charge in [-0.2, -0.15) is 0 Å². The van der Waals surface area contributed by atoms with Crippen molar-refractivity contribution < 1.29 is 4.79 Å². The number of H-pyrrole nitrogens is 1. The summed E-state index contributed by atoms with van der Waals surface area (Å²) in [6.45, 7) is 3.13. The van der Waals surface area contributed by atoms with E-state index < -0.39 is 0 Å². The monoisotopic (exact) mass is 362 g/mol. The smallest absolute Gasteiger partial charge is 0.268 e. The maximum absolute atomic E-state index is 12.1. The van der Waals surface area contributed by atoms with Crippen LogP contribution in [0.5, 0.6) is 0 Å². The first kappa shape index (κ1) is 16.6. The van der Waals surface area contributed by atoms with Crippen molar-refractivity contribution in [1.29, 1.82) is 0 Å². The average Bonchev–Trinajstić information content (AvgIpc) is 3.12. The van der Waals surface area contributed by atoms with Gasteiger partial charge in [-0.25, -0.2) is 4.98 Å². The normalized spacial score (nSPS) is 10.8. The highest BCUT2D eigenvalue weighted by Gasteiger charge is 2.11. The Morgan fingerprint density at radius 3 is 2.75 bits per heavy atom. The van der Waals surface area contributed by atoms with Gasteiger partial charge < -0.3 is 14.9 Å². The summed E-state index contributed by atoms with van der Waals surface area (Å²) < 4.78 is 2.07. The average molecular weight is 363 g/mol. The molecule has 0 unspecified atom stereocenters. The number of amides is 1. The van der Waals surface area contributed by atoms with Crippen LogP contribution >= 0.6 is 23.2 Å². The zero-order valence-electron chi connectivity index (χ0n) is 13.0. The molecule has 0 aliphatic heterocycles. The van der Waals surface area contributed by atoms with Gasteiger partial charge in [0.05, 0.1) is 5.02 Å². The van der Waals surface area contributed by atoms with Gasteiger partial charge in [-0.1, -0.05) is 47.5 Å². The van der Waals surface area contributed by atoms with Crippen LogP contribution in [0.4, 0.5) is 0 Å². The number of carbonyl (C=O) groups is 1. The lowest BCUT2D eigenvalue weighted by Crippen LogP contribution is -2.23. The summed E-state index contributed by atoms with van der Waals surface area (Å²) in [6.07, 6.45) is 3.73. The molecule has 124 valence electrons. The highest BCUT2D eigenvalue weighted by molar-refractivity contribution is 6.41. The number of aryl methyl sites for hydroxylation is 1. The predicted molar refractivity (Wildman–Crippen MR) is 94.5 cm³/mol. The fraction of sp³-hybridized carbons (Fsp3) is 0.176.